The summed E-state index contributed by atoms with van der Waals surface area (Å²) in [5.74, 6) is 1.50. The van der Waals surface area contributed by atoms with Crippen molar-refractivity contribution in [2.45, 2.75) is 24.9 Å². The molecule has 0 aliphatic carbocycles. The molecule has 1 spiro atoms. The predicted octanol–water partition coefficient (Wildman–Crippen LogP) is 3.31. The van der Waals surface area contributed by atoms with E-state index in [2.05, 4.69) is 0 Å². The van der Waals surface area contributed by atoms with Crippen LogP contribution in [0.25, 0.3) is 0 Å². The van der Waals surface area contributed by atoms with Crippen molar-refractivity contribution < 1.29 is 13.9 Å². The van der Waals surface area contributed by atoms with E-state index in [1.165, 1.54) is 6.07 Å². The maximum absolute atomic E-state index is 13.7. The Morgan fingerprint density at radius 3 is 3.00 bits per heavy atom. The van der Waals surface area contributed by atoms with Crippen LogP contribution in [0.2, 0.25) is 0 Å². The third-order valence-electron chi connectivity index (χ3n) is 4.07. The Bertz CT molecular complexity index is 483. The van der Waals surface area contributed by atoms with E-state index in [-0.39, 0.29) is 22.9 Å². The van der Waals surface area contributed by atoms with Crippen molar-refractivity contribution in [1.29, 1.82) is 0 Å². The number of halogens is 1. The van der Waals surface area contributed by atoms with Gasteiger partial charge in [0, 0.05) is 18.3 Å². The molecule has 19 heavy (non-hydrogen) atoms. The molecular formula is C15H17FO2S. The van der Waals surface area contributed by atoms with Gasteiger partial charge in [-0.25, -0.2) is 4.39 Å². The number of hydrogen-bond acceptors (Lipinski definition) is 3. The molecule has 0 radical (unpaired) electrons. The van der Waals surface area contributed by atoms with Crippen molar-refractivity contribution in [3.63, 3.8) is 0 Å². The van der Waals surface area contributed by atoms with Gasteiger partial charge in [0.1, 0.15) is 5.82 Å². The third-order valence-corrected chi connectivity index (χ3v) is 5.29. The Kier molecular flexibility index (Phi) is 3.63. The minimum absolute atomic E-state index is 0.0577. The highest BCUT2D eigenvalue weighted by atomic mass is 32.2. The molecule has 2 aliphatic rings. The van der Waals surface area contributed by atoms with E-state index in [1.54, 1.807) is 18.2 Å². The first kappa shape index (κ1) is 13.1. The first-order chi connectivity index (χ1) is 9.20. The lowest BCUT2D eigenvalue weighted by Gasteiger charge is -2.37. The SMILES string of the molecule is O=C(c1ccccc1F)C1CCOC2(CCSC2)C1. The molecule has 2 saturated heterocycles. The van der Waals surface area contributed by atoms with Gasteiger partial charge in [0.15, 0.2) is 5.78 Å². The molecule has 3 rings (SSSR count). The monoisotopic (exact) mass is 280 g/mol. The van der Waals surface area contributed by atoms with Gasteiger partial charge in [-0.15, -0.1) is 0 Å². The van der Waals surface area contributed by atoms with Gasteiger partial charge in [-0.05, 0) is 37.1 Å². The first-order valence-electron chi connectivity index (χ1n) is 6.71. The van der Waals surface area contributed by atoms with Gasteiger partial charge in [-0.2, -0.15) is 11.8 Å². The summed E-state index contributed by atoms with van der Waals surface area (Å²) in [6, 6.07) is 6.28. The number of benzene rings is 1. The number of ketones is 1. The molecule has 2 nitrogen and oxygen atoms in total. The highest BCUT2D eigenvalue weighted by Gasteiger charge is 2.42. The standard InChI is InChI=1S/C15H17FO2S/c16-13-4-2-1-3-12(13)14(17)11-5-7-18-15(9-11)6-8-19-10-15/h1-4,11H,5-10H2. The van der Waals surface area contributed by atoms with Crippen molar-refractivity contribution in [3.05, 3.63) is 35.6 Å². The minimum Gasteiger partial charge on any atom is -0.374 e. The number of thioether (sulfide) groups is 1. The van der Waals surface area contributed by atoms with Crippen LogP contribution in [0.3, 0.4) is 0 Å². The Morgan fingerprint density at radius 1 is 1.42 bits per heavy atom. The topological polar surface area (TPSA) is 26.3 Å². The van der Waals surface area contributed by atoms with Crippen LogP contribution in [0.5, 0.6) is 0 Å². The Balaban J connectivity index is 1.78. The summed E-state index contributed by atoms with van der Waals surface area (Å²) in [4.78, 5) is 12.5. The molecule has 4 heteroatoms. The fourth-order valence-corrected chi connectivity index (χ4v) is 4.37. The molecule has 102 valence electrons. The zero-order valence-corrected chi connectivity index (χ0v) is 11.5. The van der Waals surface area contributed by atoms with Crippen LogP contribution in [-0.4, -0.2) is 29.5 Å². The number of rotatable bonds is 2. The van der Waals surface area contributed by atoms with Crippen LogP contribution >= 0.6 is 11.8 Å². The molecule has 0 N–H and O–H groups in total. The van der Waals surface area contributed by atoms with Crippen molar-refractivity contribution in [1.82, 2.24) is 0 Å². The molecule has 1 aromatic rings. The van der Waals surface area contributed by atoms with E-state index in [4.69, 9.17) is 4.74 Å². The summed E-state index contributed by atoms with van der Waals surface area (Å²) in [5, 5.41) is 0. The molecule has 0 saturated carbocycles. The largest absolute Gasteiger partial charge is 0.374 e. The molecule has 2 heterocycles. The second-order valence-electron chi connectivity index (χ2n) is 5.37. The highest BCUT2D eigenvalue weighted by molar-refractivity contribution is 7.99. The molecule has 2 aliphatic heterocycles. The van der Waals surface area contributed by atoms with Gasteiger partial charge in [0.05, 0.1) is 11.2 Å². The molecule has 2 unspecified atom stereocenters. The van der Waals surface area contributed by atoms with Gasteiger partial charge in [0.25, 0.3) is 0 Å². The molecule has 2 atom stereocenters. The minimum atomic E-state index is -0.408. The summed E-state index contributed by atoms with van der Waals surface area (Å²) in [6.45, 7) is 0.616. The number of carbonyl (C=O) groups excluding carboxylic acids is 1. The van der Waals surface area contributed by atoms with Crippen LogP contribution < -0.4 is 0 Å². The normalized spacial score (nSPS) is 30.7. The Hall–Kier alpha value is -0.870. The van der Waals surface area contributed by atoms with Gasteiger partial charge in [-0.1, -0.05) is 12.1 Å². The van der Waals surface area contributed by atoms with Crippen LogP contribution in [0.15, 0.2) is 24.3 Å². The van der Waals surface area contributed by atoms with E-state index >= 15 is 0 Å². The number of hydrogen-bond donors (Lipinski definition) is 0. The Labute approximate surface area is 116 Å². The average molecular weight is 280 g/mol. The zero-order valence-electron chi connectivity index (χ0n) is 10.7. The molecule has 2 fully saturated rings. The van der Waals surface area contributed by atoms with Crippen molar-refractivity contribution in [3.8, 4) is 0 Å². The van der Waals surface area contributed by atoms with Crippen molar-refractivity contribution in [2.24, 2.45) is 5.92 Å². The smallest absolute Gasteiger partial charge is 0.169 e. The quantitative estimate of drug-likeness (QED) is 0.777. The van der Waals surface area contributed by atoms with E-state index < -0.39 is 5.82 Å². The zero-order chi connectivity index (χ0) is 13.3. The van der Waals surface area contributed by atoms with Crippen molar-refractivity contribution >= 4 is 17.5 Å². The molecule has 0 aromatic heterocycles. The van der Waals surface area contributed by atoms with Crippen LogP contribution in [-0.2, 0) is 4.74 Å². The van der Waals surface area contributed by atoms with E-state index in [0.717, 1.165) is 24.3 Å². The second kappa shape index (κ2) is 5.25. The fourth-order valence-electron chi connectivity index (χ4n) is 3.00. The summed E-state index contributed by atoms with van der Waals surface area (Å²) < 4.78 is 19.6. The molecular weight excluding hydrogens is 263 g/mol. The van der Waals surface area contributed by atoms with Crippen LogP contribution in [0, 0.1) is 11.7 Å². The number of ether oxygens (including phenoxy) is 1. The van der Waals surface area contributed by atoms with E-state index in [1.807, 2.05) is 11.8 Å². The van der Waals surface area contributed by atoms with Gasteiger partial charge in [0.2, 0.25) is 0 Å². The highest BCUT2D eigenvalue weighted by Crippen LogP contribution is 2.41. The molecule has 0 bridgehead atoms. The third kappa shape index (κ3) is 2.56. The fraction of sp³-hybridized carbons (Fsp3) is 0.533. The van der Waals surface area contributed by atoms with E-state index in [0.29, 0.717) is 13.0 Å². The summed E-state index contributed by atoms with van der Waals surface area (Å²) in [6.07, 6.45) is 2.46. The average Bonchev–Trinajstić information content (AvgIpc) is 2.86. The van der Waals surface area contributed by atoms with Gasteiger partial charge in [-0.3, -0.25) is 4.79 Å². The lowest BCUT2D eigenvalue weighted by molar-refractivity contribution is -0.0735. The maximum Gasteiger partial charge on any atom is 0.169 e. The van der Waals surface area contributed by atoms with E-state index in [9.17, 15) is 9.18 Å². The molecule has 1 aromatic carbocycles. The number of Topliss-reactive ketones (excluding diaryl/α,β-unsaturated/α-hetero) is 1. The van der Waals surface area contributed by atoms with Gasteiger partial charge >= 0.3 is 0 Å². The first-order valence-corrected chi connectivity index (χ1v) is 7.86. The lowest BCUT2D eigenvalue weighted by atomic mass is 9.81. The summed E-state index contributed by atoms with van der Waals surface area (Å²) in [7, 11) is 0. The summed E-state index contributed by atoms with van der Waals surface area (Å²) >= 11 is 1.88. The lowest BCUT2D eigenvalue weighted by Crippen LogP contribution is -2.42. The Morgan fingerprint density at radius 2 is 2.26 bits per heavy atom. The number of carbonyl (C=O) groups is 1. The van der Waals surface area contributed by atoms with Crippen LogP contribution in [0.1, 0.15) is 29.6 Å². The molecule has 0 amide bonds. The van der Waals surface area contributed by atoms with Crippen molar-refractivity contribution in [2.75, 3.05) is 18.1 Å². The summed E-state index contributed by atoms with van der Waals surface area (Å²) in [5.41, 5.74) is 0.101. The second-order valence-corrected chi connectivity index (χ2v) is 6.47. The van der Waals surface area contributed by atoms with Crippen LogP contribution in [0.4, 0.5) is 4.39 Å². The van der Waals surface area contributed by atoms with Gasteiger partial charge < -0.3 is 4.74 Å². The maximum atomic E-state index is 13.7. The predicted molar refractivity (Wildman–Crippen MR) is 74.1 cm³/mol.